The number of aromatic nitrogens is 4. The number of nitrogens with zero attached hydrogens (tertiary/aromatic N) is 4. The molecular formula is C18H28N6. The molecule has 0 radical (unpaired) electrons. The van der Waals surface area contributed by atoms with E-state index in [1.807, 2.05) is 19.3 Å². The van der Waals surface area contributed by atoms with Crippen LogP contribution in [0.25, 0.3) is 0 Å². The Labute approximate surface area is 144 Å². The molecule has 1 fully saturated rings. The Morgan fingerprint density at radius 1 is 1.25 bits per heavy atom. The van der Waals surface area contributed by atoms with Gasteiger partial charge in [-0.15, -0.1) is 0 Å². The summed E-state index contributed by atoms with van der Waals surface area (Å²) >= 11 is 0. The van der Waals surface area contributed by atoms with Crippen molar-refractivity contribution in [1.82, 2.24) is 25.3 Å². The van der Waals surface area contributed by atoms with Crippen LogP contribution in [-0.2, 0) is 12.8 Å². The Kier molecular flexibility index (Phi) is 5.80. The smallest absolute Gasteiger partial charge is 0.135 e. The van der Waals surface area contributed by atoms with E-state index in [-0.39, 0.29) is 0 Å². The van der Waals surface area contributed by atoms with Crippen molar-refractivity contribution < 1.29 is 0 Å². The van der Waals surface area contributed by atoms with Crippen LogP contribution in [0, 0.1) is 6.92 Å². The molecule has 2 aromatic heterocycles. The average molecular weight is 328 g/mol. The zero-order valence-electron chi connectivity index (χ0n) is 14.8. The third kappa shape index (κ3) is 4.32. The summed E-state index contributed by atoms with van der Waals surface area (Å²) in [6, 6.07) is 0.599. The third-order valence-corrected chi connectivity index (χ3v) is 4.66. The molecule has 24 heavy (non-hydrogen) atoms. The highest BCUT2D eigenvalue weighted by atomic mass is 15.2. The van der Waals surface area contributed by atoms with Crippen LogP contribution in [0.4, 0.5) is 5.82 Å². The van der Waals surface area contributed by atoms with Gasteiger partial charge in [-0.3, -0.25) is 0 Å². The monoisotopic (exact) mass is 328 g/mol. The van der Waals surface area contributed by atoms with E-state index in [4.69, 9.17) is 4.98 Å². The van der Waals surface area contributed by atoms with Crippen molar-refractivity contribution in [1.29, 1.82) is 0 Å². The first-order valence-electron chi connectivity index (χ1n) is 9.04. The Morgan fingerprint density at radius 2 is 2.08 bits per heavy atom. The van der Waals surface area contributed by atoms with Gasteiger partial charge in [0.2, 0.25) is 0 Å². The van der Waals surface area contributed by atoms with E-state index in [1.54, 1.807) is 6.33 Å². The fourth-order valence-corrected chi connectivity index (χ4v) is 3.33. The molecule has 1 aliphatic rings. The normalized spacial score (nSPS) is 15.8. The molecule has 6 heteroatoms. The highest BCUT2D eigenvalue weighted by Gasteiger charge is 2.21. The number of hydrogen-bond donors (Lipinski definition) is 2. The fraction of sp³-hybridized carbons (Fsp3) is 0.611. The molecule has 3 rings (SSSR count). The van der Waals surface area contributed by atoms with Crippen molar-refractivity contribution in [2.24, 2.45) is 0 Å². The third-order valence-electron chi connectivity index (χ3n) is 4.66. The summed E-state index contributed by atoms with van der Waals surface area (Å²) in [6.07, 6.45) is 11.2. The van der Waals surface area contributed by atoms with Gasteiger partial charge in [-0.2, -0.15) is 0 Å². The molecule has 1 saturated heterocycles. The molecule has 0 spiro atoms. The first-order valence-corrected chi connectivity index (χ1v) is 9.04. The molecular weight excluding hydrogens is 300 g/mol. The molecule has 0 atom stereocenters. The van der Waals surface area contributed by atoms with E-state index in [0.717, 1.165) is 63.4 Å². The minimum absolute atomic E-state index is 0.599. The highest BCUT2D eigenvalue weighted by Crippen LogP contribution is 2.23. The van der Waals surface area contributed by atoms with Crippen LogP contribution in [0.2, 0.25) is 0 Å². The van der Waals surface area contributed by atoms with Gasteiger partial charge < -0.3 is 15.2 Å². The van der Waals surface area contributed by atoms with E-state index in [1.165, 1.54) is 11.3 Å². The van der Waals surface area contributed by atoms with Gasteiger partial charge >= 0.3 is 0 Å². The maximum absolute atomic E-state index is 4.72. The zero-order chi connectivity index (χ0) is 16.8. The summed E-state index contributed by atoms with van der Waals surface area (Å²) in [7, 11) is 0. The van der Waals surface area contributed by atoms with Crippen molar-refractivity contribution >= 4 is 5.82 Å². The number of anilines is 1. The second-order valence-corrected chi connectivity index (χ2v) is 6.56. The van der Waals surface area contributed by atoms with Crippen molar-refractivity contribution in [2.45, 2.75) is 52.0 Å². The number of aromatic amines is 1. The van der Waals surface area contributed by atoms with Crippen LogP contribution in [0.3, 0.4) is 0 Å². The topological polar surface area (TPSA) is 69.7 Å². The molecule has 6 nitrogen and oxygen atoms in total. The average Bonchev–Trinajstić information content (AvgIpc) is 3.11. The number of imidazole rings is 1. The molecule has 0 unspecified atom stereocenters. The van der Waals surface area contributed by atoms with Gasteiger partial charge in [-0.25, -0.2) is 15.0 Å². The molecule has 2 aromatic rings. The van der Waals surface area contributed by atoms with Gasteiger partial charge in [0.15, 0.2) is 0 Å². The van der Waals surface area contributed by atoms with Gasteiger partial charge in [0, 0.05) is 55.7 Å². The Bertz CT molecular complexity index is 616. The van der Waals surface area contributed by atoms with Crippen LogP contribution in [0.15, 0.2) is 18.7 Å². The maximum atomic E-state index is 4.72. The molecule has 2 N–H and O–H groups in total. The van der Waals surface area contributed by atoms with Crippen molar-refractivity contribution in [2.75, 3.05) is 24.5 Å². The number of nitrogens with one attached hydrogen (secondary N) is 2. The molecule has 130 valence electrons. The summed E-state index contributed by atoms with van der Waals surface area (Å²) in [6.45, 7) is 7.31. The molecule has 0 aliphatic carbocycles. The number of hydrogen-bond acceptors (Lipinski definition) is 5. The lowest BCUT2D eigenvalue weighted by atomic mass is 10.0. The lowest BCUT2D eigenvalue weighted by Gasteiger charge is -2.34. The first kappa shape index (κ1) is 16.9. The first-order chi connectivity index (χ1) is 11.8. The van der Waals surface area contributed by atoms with Gasteiger partial charge in [0.1, 0.15) is 11.6 Å². The quantitative estimate of drug-likeness (QED) is 0.816. The van der Waals surface area contributed by atoms with Crippen LogP contribution in [0.5, 0.6) is 0 Å². The van der Waals surface area contributed by atoms with Gasteiger partial charge in [0.25, 0.3) is 0 Å². The standard InChI is InChI=1S/C18H28N6/c1-3-4-15-11-21-14(2)23-18(15)24-9-6-16(7-10-24)20-8-5-17-12-19-13-22-17/h11-13,16,20H,3-10H2,1-2H3,(H,19,22). The summed E-state index contributed by atoms with van der Waals surface area (Å²) < 4.78 is 0. The number of aryl methyl sites for hydroxylation is 2. The molecule has 3 heterocycles. The second-order valence-electron chi connectivity index (χ2n) is 6.56. The minimum atomic E-state index is 0.599. The Hall–Kier alpha value is -1.95. The lowest BCUT2D eigenvalue weighted by molar-refractivity contribution is 0.415. The van der Waals surface area contributed by atoms with Gasteiger partial charge in [-0.05, 0) is 26.2 Å². The van der Waals surface area contributed by atoms with E-state index in [9.17, 15) is 0 Å². The van der Waals surface area contributed by atoms with Crippen LogP contribution >= 0.6 is 0 Å². The summed E-state index contributed by atoms with van der Waals surface area (Å²) in [4.78, 5) is 18.7. The summed E-state index contributed by atoms with van der Waals surface area (Å²) in [5, 5.41) is 3.68. The molecule has 0 bridgehead atoms. The van der Waals surface area contributed by atoms with Crippen LogP contribution in [0.1, 0.15) is 43.3 Å². The van der Waals surface area contributed by atoms with Crippen molar-refractivity contribution in [3.05, 3.63) is 35.8 Å². The molecule has 1 aliphatic heterocycles. The number of H-pyrrole nitrogens is 1. The summed E-state index contributed by atoms with van der Waals surface area (Å²) in [5.41, 5.74) is 2.48. The van der Waals surface area contributed by atoms with E-state index in [2.05, 4.69) is 32.1 Å². The van der Waals surface area contributed by atoms with E-state index < -0.39 is 0 Å². The molecule has 0 aromatic carbocycles. The fourth-order valence-electron chi connectivity index (χ4n) is 3.33. The van der Waals surface area contributed by atoms with Gasteiger partial charge in [-0.1, -0.05) is 13.3 Å². The van der Waals surface area contributed by atoms with Crippen LogP contribution in [-0.4, -0.2) is 45.6 Å². The maximum Gasteiger partial charge on any atom is 0.135 e. The van der Waals surface area contributed by atoms with Gasteiger partial charge in [0.05, 0.1) is 6.33 Å². The second kappa shape index (κ2) is 8.24. The van der Waals surface area contributed by atoms with E-state index >= 15 is 0 Å². The molecule has 0 amide bonds. The Morgan fingerprint density at radius 3 is 2.79 bits per heavy atom. The van der Waals surface area contributed by atoms with Crippen molar-refractivity contribution in [3.63, 3.8) is 0 Å². The molecule has 0 saturated carbocycles. The predicted molar refractivity (Wildman–Crippen MR) is 96.3 cm³/mol. The minimum Gasteiger partial charge on any atom is -0.356 e. The summed E-state index contributed by atoms with van der Waals surface area (Å²) in [5.74, 6) is 2.02. The van der Waals surface area contributed by atoms with Crippen molar-refractivity contribution in [3.8, 4) is 0 Å². The van der Waals surface area contributed by atoms with E-state index in [0.29, 0.717) is 6.04 Å². The largest absolute Gasteiger partial charge is 0.356 e. The SMILES string of the molecule is CCCc1cnc(C)nc1N1CCC(NCCc2cnc[nH]2)CC1. The Balaban J connectivity index is 1.50. The highest BCUT2D eigenvalue weighted by molar-refractivity contribution is 5.46. The predicted octanol–water partition coefficient (Wildman–Crippen LogP) is 2.26. The number of piperidine rings is 1. The lowest BCUT2D eigenvalue weighted by Crippen LogP contribution is -2.43. The van der Waals surface area contributed by atoms with Crippen LogP contribution < -0.4 is 10.2 Å². The number of rotatable bonds is 7. The zero-order valence-corrected chi connectivity index (χ0v) is 14.8.